The Hall–Kier alpha value is -3.56. The molecule has 0 unspecified atom stereocenters. The minimum absolute atomic E-state index is 0.0215. The maximum atomic E-state index is 13.9. The molecule has 1 atom stereocenters. The zero-order valence-corrected chi connectivity index (χ0v) is 24.3. The average Bonchev–Trinajstić information content (AvgIpc) is 2.90. The number of hydrogen-bond donors (Lipinski definition) is 1. The lowest BCUT2D eigenvalue weighted by atomic mass is 10.1. The molecule has 0 aliphatic heterocycles. The summed E-state index contributed by atoms with van der Waals surface area (Å²) in [7, 11) is -2.71. The van der Waals surface area contributed by atoms with Gasteiger partial charge in [0.15, 0.2) is 0 Å². The molecule has 10 heteroatoms. The molecule has 0 saturated carbocycles. The molecule has 3 rings (SSSR count). The van der Waals surface area contributed by atoms with Gasteiger partial charge in [-0.25, -0.2) is 8.42 Å². The Morgan fingerprint density at radius 1 is 0.974 bits per heavy atom. The van der Waals surface area contributed by atoms with Crippen molar-refractivity contribution in [3.63, 3.8) is 0 Å². The first kappa shape index (κ1) is 30.0. The molecule has 2 amide bonds. The van der Waals surface area contributed by atoms with E-state index in [-0.39, 0.29) is 29.1 Å². The Balaban J connectivity index is 2.03. The highest BCUT2D eigenvalue weighted by atomic mass is 35.5. The summed E-state index contributed by atoms with van der Waals surface area (Å²) >= 11 is 6.20. The number of sulfonamides is 1. The zero-order valence-electron chi connectivity index (χ0n) is 22.7. The van der Waals surface area contributed by atoms with Crippen LogP contribution in [-0.4, -0.2) is 50.9 Å². The summed E-state index contributed by atoms with van der Waals surface area (Å²) in [6.45, 7) is 6.83. The Labute approximate surface area is 235 Å². The van der Waals surface area contributed by atoms with Crippen LogP contribution in [-0.2, 0) is 26.2 Å². The number of carbonyl (C=O) groups excluding carboxylic acids is 2. The Kier molecular flexibility index (Phi) is 9.99. The third-order valence-corrected chi connectivity index (χ3v) is 8.12. The van der Waals surface area contributed by atoms with Gasteiger partial charge in [0.05, 0.1) is 17.7 Å². The van der Waals surface area contributed by atoms with Crippen molar-refractivity contribution in [1.29, 1.82) is 0 Å². The monoisotopic (exact) mass is 571 g/mol. The third-order valence-electron chi connectivity index (χ3n) is 6.09. The van der Waals surface area contributed by atoms with E-state index in [4.69, 9.17) is 16.3 Å². The molecule has 208 valence electrons. The molecule has 39 heavy (non-hydrogen) atoms. The third kappa shape index (κ3) is 7.74. The number of halogens is 1. The van der Waals surface area contributed by atoms with Crippen LogP contribution < -0.4 is 14.4 Å². The molecule has 1 N–H and O–H groups in total. The number of anilines is 1. The first-order valence-electron chi connectivity index (χ1n) is 12.5. The van der Waals surface area contributed by atoms with Gasteiger partial charge in [-0.1, -0.05) is 47.5 Å². The van der Waals surface area contributed by atoms with Crippen LogP contribution in [0.1, 0.15) is 31.9 Å². The van der Waals surface area contributed by atoms with E-state index in [9.17, 15) is 18.0 Å². The van der Waals surface area contributed by atoms with E-state index < -0.39 is 28.5 Å². The fraction of sp³-hybridized carbons (Fsp3) is 0.310. The fourth-order valence-corrected chi connectivity index (χ4v) is 5.50. The van der Waals surface area contributed by atoms with Crippen molar-refractivity contribution >= 4 is 39.1 Å². The highest BCUT2D eigenvalue weighted by molar-refractivity contribution is 7.92. The van der Waals surface area contributed by atoms with Crippen molar-refractivity contribution in [1.82, 2.24) is 10.2 Å². The molecule has 0 spiro atoms. The van der Waals surface area contributed by atoms with Crippen LogP contribution in [0.4, 0.5) is 5.69 Å². The Morgan fingerprint density at radius 2 is 1.62 bits per heavy atom. The lowest BCUT2D eigenvalue weighted by Gasteiger charge is -2.32. The minimum Gasteiger partial charge on any atom is -0.497 e. The predicted octanol–water partition coefficient (Wildman–Crippen LogP) is 4.79. The maximum Gasteiger partial charge on any atom is 0.264 e. The van der Waals surface area contributed by atoms with Gasteiger partial charge in [-0.05, 0) is 75.7 Å². The van der Waals surface area contributed by atoms with Crippen LogP contribution in [0.15, 0.2) is 77.7 Å². The number of hydrogen-bond acceptors (Lipinski definition) is 5. The van der Waals surface area contributed by atoms with Gasteiger partial charge in [-0.2, -0.15) is 0 Å². The number of nitrogens with zero attached hydrogens (tertiary/aromatic N) is 2. The number of nitrogens with one attached hydrogen (secondary N) is 1. The van der Waals surface area contributed by atoms with E-state index in [1.807, 2.05) is 45.0 Å². The van der Waals surface area contributed by atoms with Gasteiger partial charge in [0, 0.05) is 17.6 Å². The minimum atomic E-state index is -4.20. The summed E-state index contributed by atoms with van der Waals surface area (Å²) in [5.41, 5.74) is 2.09. The molecule has 0 heterocycles. The molecule has 0 aliphatic rings. The average molecular weight is 572 g/mol. The van der Waals surface area contributed by atoms with Gasteiger partial charge >= 0.3 is 0 Å². The van der Waals surface area contributed by atoms with E-state index in [1.54, 1.807) is 25.1 Å². The molecule has 3 aromatic carbocycles. The Bertz CT molecular complexity index is 1390. The van der Waals surface area contributed by atoms with E-state index >= 15 is 0 Å². The van der Waals surface area contributed by atoms with Gasteiger partial charge in [-0.15, -0.1) is 0 Å². The summed E-state index contributed by atoms with van der Waals surface area (Å²) in [5.74, 6) is -0.384. The number of aryl methyl sites for hydroxylation is 1. The number of rotatable bonds is 11. The summed E-state index contributed by atoms with van der Waals surface area (Å²) in [6, 6.07) is 18.8. The van der Waals surface area contributed by atoms with Crippen LogP contribution in [0.25, 0.3) is 0 Å². The van der Waals surface area contributed by atoms with Crippen molar-refractivity contribution < 1.29 is 22.7 Å². The van der Waals surface area contributed by atoms with Crippen LogP contribution in [0.2, 0.25) is 5.02 Å². The molecule has 0 bridgehead atoms. The highest BCUT2D eigenvalue weighted by Gasteiger charge is 2.32. The van der Waals surface area contributed by atoms with Gasteiger partial charge in [0.25, 0.3) is 10.0 Å². The Morgan fingerprint density at radius 3 is 2.18 bits per heavy atom. The molecule has 0 saturated heterocycles. The second-order valence-electron chi connectivity index (χ2n) is 9.51. The van der Waals surface area contributed by atoms with E-state index in [1.165, 1.54) is 42.3 Å². The van der Waals surface area contributed by atoms with Gasteiger partial charge in [0.1, 0.15) is 18.3 Å². The summed E-state index contributed by atoms with van der Waals surface area (Å²) in [6.07, 6.45) is 0. The summed E-state index contributed by atoms with van der Waals surface area (Å²) < 4.78 is 33.8. The quantitative estimate of drug-likeness (QED) is 0.357. The van der Waals surface area contributed by atoms with E-state index in [0.717, 1.165) is 15.4 Å². The standard InChI is InChI=1S/C29H34ClN3O5S/c1-20(2)31-29(35)22(4)32(18-23-11-9-21(3)10-12-23)28(34)19-33(25-8-6-7-24(30)17-25)39(36,37)27-15-13-26(38-5)14-16-27/h6-17,20,22H,18-19H2,1-5H3,(H,31,35)/t22-/m0/s1. The van der Waals surface area contributed by atoms with E-state index in [2.05, 4.69) is 5.32 Å². The number of methoxy groups -OCH3 is 1. The molecule has 8 nitrogen and oxygen atoms in total. The molecular weight excluding hydrogens is 538 g/mol. The summed E-state index contributed by atoms with van der Waals surface area (Å²) in [4.78, 5) is 28.2. The number of benzene rings is 3. The lowest BCUT2D eigenvalue weighted by molar-refractivity contribution is -0.139. The molecule has 0 aliphatic carbocycles. The lowest BCUT2D eigenvalue weighted by Crippen LogP contribution is -2.52. The first-order chi connectivity index (χ1) is 18.4. The van der Waals surface area contributed by atoms with Crippen molar-refractivity contribution in [3.05, 3.63) is 88.9 Å². The zero-order chi connectivity index (χ0) is 28.7. The second kappa shape index (κ2) is 13.0. The van der Waals surface area contributed by atoms with Crippen LogP contribution in [0, 0.1) is 6.92 Å². The van der Waals surface area contributed by atoms with Crippen molar-refractivity contribution in [2.75, 3.05) is 18.0 Å². The summed E-state index contributed by atoms with van der Waals surface area (Å²) in [5, 5.41) is 3.15. The molecule has 0 aromatic heterocycles. The molecular formula is C29H34ClN3O5S. The highest BCUT2D eigenvalue weighted by Crippen LogP contribution is 2.28. The smallest absolute Gasteiger partial charge is 0.264 e. The van der Waals surface area contributed by atoms with Crippen molar-refractivity contribution in [3.8, 4) is 5.75 Å². The SMILES string of the molecule is COc1ccc(S(=O)(=O)N(CC(=O)N(Cc2ccc(C)cc2)[C@@H](C)C(=O)NC(C)C)c2cccc(Cl)c2)cc1. The number of ether oxygens (including phenoxy) is 1. The van der Waals surface area contributed by atoms with Gasteiger partial charge in [0.2, 0.25) is 11.8 Å². The van der Waals surface area contributed by atoms with Crippen LogP contribution in [0.5, 0.6) is 5.75 Å². The fourth-order valence-electron chi connectivity index (χ4n) is 3.91. The van der Waals surface area contributed by atoms with Crippen LogP contribution >= 0.6 is 11.6 Å². The van der Waals surface area contributed by atoms with Crippen molar-refractivity contribution in [2.24, 2.45) is 0 Å². The topological polar surface area (TPSA) is 96.0 Å². The molecule has 3 aromatic rings. The molecule has 0 radical (unpaired) electrons. The normalized spacial score (nSPS) is 12.1. The predicted molar refractivity (Wildman–Crippen MR) is 153 cm³/mol. The largest absolute Gasteiger partial charge is 0.497 e. The molecule has 0 fully saturated rings. The van der Waals surface area contributed by atoms with E-state index in [0.29, 0.717) is 10.8 Å². The maximum absolute atomic E-state index is 13.9. The van der Waals surface area contributed by atoms with Crippen LogP contribution in [0.3, 0.4) is 0 Å². The number of amides is 2. The van der Waals surface area contributed by atoms with Gasteiger partial charge in [-0.3, -0.25) is 13.9 Å². The second-order valence-corrected chi connectivity index (χ2v) is 11.8. The first-order valence-corrected chi connectivity index (χ1v) is 14.3. The number of carbonyl (C=O) groups is 2. The van der Waals surface area contributed by atoms with Crippen molar-refractivity contribution in [2.45, 2.75) is 51.2 Å². The van der Waals surface area contributed by atoms with Gasteiger partial charge < -0.3 is 15.0 Å².